The third-order valence-electron chi connectivity index (χ3n) is 2.64. The van der Waals surface area contributed by atoms with Gasteiger partial charge in [-0.3, -0.25) is 4.79 Å². The molecule has 0 aromatic carbocycles. The number of rotatable bonds is 10. The van der Waals surface area contributed by atoms with Crippen LogP contribution in [0, 0.1) is 6.92 Å². The number of aliphatic carboxylic acids is 1. The van der Waals surface area contributed by atoms with Crippen LogP contribution in [0.15, 0.2) is 6.07 Å². The average molecular weight is 281 g/mol. The predicted octanol–water partition coefficient (Wildman–Crippen LogP) is 2.63. The zero-order valence-corrected chi connectivity index (χ0v) is 12.2. The van der Waals surface area contributed by atoms with Crippen LogP contribution in [0.3, 0.4) is 0 Å². The van der Waals surface area contributed by atoms with Crippen LogP contribution >= 0.6 is 0 Å². The van der Waals surface area contributed by atoms with Crippen molar-refractivity contribution in [2.75, 3.05) is 18.5 Å². The Balaban J connectivity index is 2.32. The second-order valence-electron chi connectivity index (χ2n) is 4.65. The molecule has 1 rings (SSSR count). The number of unbranched alkanes of at least 4 members (excludes halogenated alkanes) is 2. The number of nitrogens with one attached hydrogen (secondary N) is 1. The van der Waals surface area contributed by atoms with E-state index in [1.54, 1.807) is 0 Å². The van der Waals surface area contributed by atoms with E-state index in [4.69, 9.17) is 9.84 Å². The second-order valence-corrected chi connectivity index (χ2v) is 4.65. The van der Waals surface area contributed by atoms with E-state index in [9.17, 15) is 4.79 Å². The molecule has 0 amide bonds. The first-order valence-electron chi connectivity index (χ1n) is 7.06. The number of carbonyl (C=O) groups is 1. The predicted molar refractivity (Wildman–Crippen MR) is 77.1 cm³/mol. The molecule has 112 valence electrons. The SMILES string of the molecule is CCCOc1cc(C)nc(NCCCCCC(=O)O)n1. The van der Waals surface area contributed by atoms with Crippen LogP contribution < -0.4 is 10.1 Å². The Bertz CT molecular complexity index is 424. The topological polar surface area (TPSA) is 84.3 Å². The molecule has 0 saturated heterocycles. The van der Waals surface area contributed by atoms with Crippen molar-refractivity contribution in [3.8, 4) is 5.88 Å². The lowest BCUT2D eigenvalue weighted by atomic mass is 10.2. The average Bonchev–Trinajstić information content (AvgIpc) is 2.39. The molecule has 1 aromatic rings. The maximum Gasteiger partial charge on any atom is 0.303 e. The number of nitrogens with zero attached hydrogens (tertiary/aromatic N) is 2. The van der Waals surface area contributed by atoms with Crippen LogP contribution in [-0.2, 0) is 4.79 Å². The minimum atomic E-state index is -0.738. The van der Waals surface area contributed by atoms with Gasteiger partial charge in [0.15, 0.2) is 0 Å². The molecule has 0 unspecified atom stereocenters. The van der Waals surface area contributed by atoms with E-state index in [1.807, 2.05) is 19.9 Å². The molecular formula is C14H23N3O3. The first kappa shape index (κ1) is 16.2. The molecule has 0 atom stereocenters. The molecule has 0 spiro atoms. The zero-order chi connectivity index (χ0) is 14.8. The number of anilines is 1. The lowest BCUT2D eigenvalue weighted by Gasteiger charge is -2.08. The number of carboxylic acid groups (broad SMARTS) is 1. The monoisotopic (exact) mass is 281 g/mol. The van der Waals surface area contributed by atoms with Gasteiger partial charge in [-0.15, -0.1) is 0 Å². The van der Waals surface area contributed by atoms with Gasteiger partial charge in [-0.2, -0.15) is 4.98 Å². The summed E-state index contributed by atoms with van der Waals surface area (Å²) in [6.45, 7) is 5.32. The summed E-state index contributed by atoms with van der Waals surface area (Å²) in [7, 11) is 0. The molecule has 0 aliphatic heterocycles. The fourth-order valence-corrected chi connectivity index (χ4v) is 1.68. The van der Waals surface area contributed by atoms with Crippen molar-refractivity contribution in [3.05, 3.63) is 11.8 Å². The highest BCUT2D eigenvalue weighted by Gasteiger charge is 2.03. The highest BCUT2D eigenvalue weighted by molar-refractivity contribution is 5.66. The molecule has 6 nitrogen and oxygen atoms in total. The molecule has 0 radical (unpaired) electrons. The van der Waals surface area contributed by atoms with Crippen molar-refractivity contribution < 1.29 is 14.6 Å². The minimum absolute atomic E-state index is 0.232. The van der Waals surface area contributed by atoms with Crippen molar-refractivity contribution in [1.29, 1.82) is 0 Å². The Hall–Kier alpha value is -1.85. The molecule has 2 N–H and O–H groups in total. The molecule has 0 bridgehead atoms. The van der Waals surface area contributed by atoms with Gasteiger partial charge in [0.25, 0.3) is 0 Å². The van der Waals surface area contributed by atoms with Crippen LogP contribution in [0.5, 0.6) is 5.88 Å². The first-order chi connectivity index (χ1) is 9.61. The lowest BCUT2D eigenvalue weighted by molar-refractivity contribution is -0.137. The van der Waals surface area contributed by atoms with Gasteiger partial charge in [0.05, 0.1) is 6.61 Å². The van der Waals surface area contributed by atoms with Crippen LogP contribution in [0.25, 0.3) is 0 Å². The van der Waals surface area contributed by atoms with Crippen LogP contribution in [0.4, 0.5) is 5.95 Å². The van der Waals surface area contributed by atoms with Gasteiger partial charge in [-0.1, -0.05) is 13.3 Å². The zero-order valence-electron chi connectivity index (χ0n) is 12.2. The highest BCUT2D eigenvalue weighted by Crippen LogP contribution is 2.12. The number of aryl methyl sites for hydroxylation is 1. The van der Waals surface area contributed by atoms with E-state index >= 15 is 0 Å². The Labute approximate surface area is 119 Å². The summed E-state index contributed by atoms with van der Waals surface area (Å²) in [5.74, 6) is 0.416. The van der Waals surface area contributed by atoms with Gasteiger partial charge in [-0.25, -0.2) is 4.98 Å². The highest BCUT2D eigenvalue weighted by atomic mass is 16.5. The third kappa shape index (κ3) is 6.92. The van der Waals surface area contributed by atoms with Gasteiger partial charge in [-0.05, 0) is 26.2 Å². The number of hydrogen-bond donors (Lipinski definition) is 2. The smallest absolute Gasteiger partial charge is 0.303 e. The van der Waals surface area contributed by atoms with Gasteiger partial charge >= 0.3 is 5.97 Å². The van der Waals surface area contributed by atoms with Crippen molar-refractivity contribution >= 4 is 11.9 Å². The van der Waals surface area contributed by atoms with E-state index in [0.717, 1.165) is 31.5 Å². The summed E-state index contributed by atoms with van der Waals surface area (Å²) >= 11 is 0. The maximum atomic E-state index is 10.4. The molecule has 0 aliphatic rings. The quantitative estimate of drug-likeness (QED) is 0.641. The largest absolute Gasteiger partial charge is 0.481 e. The lowest BCUT2D eigenvalue weighted by Crippen LogP contribution is -2.08. The van der Waals surface area contributed by atoms with Crippen LogP contribution in [0.2, 0.25) is 0 Å². The van der Waals surface area contributed by atoms with Crippen molar-refractivity contribution in [1.82, 2.24) is 9.97 Å². The molecule has 6 heteroatoms. The fraction of sp³-hybridized carbons (Fsp3) is 0.643. The van der Waals surface area contributed by atoms with Crippen molar-refractivity contribution in [3.63, 3.8) is 0 Å². The van der Waals surface area contributed by atoms with Crippen LogP contribution in [0.1, 0.15) is 44.7 Å². The molecule has 1 aromatic heterocycles. The number of hydrogen-bond acceptors (Lipinski definition) is 5. The fourth-order valence-electron chi connectivity index (χ4n) is 1.68. The number of aromatic nitrogens is 2. The summed E-state index contributed by atoms with van der Waals surface area (Å²) in [4.78, 5) is 18.9. The standard InChI is InChI=1S/C14H23N3O3/c1-3-9-20-12-10-11(2)16-14(17-12)15-8-6-4-5-7-13(18)19/h10H,3-9H2,1-2H3,(H,18,19)(H,15,16,17). The first-order valence-corrected chi connectivity index (χ1v) is 7.06. The van der Waals surface area contributed by atoms with E-state index in [1.165, 1.54) is 0 Å². The molecular weight excluding hydrogens is 258 g/mol. The Morgan fingerprint density at radius 1 is 1.35 bits per heavy atom. The molecule has 0 saturated carbocycles. The van der Waals surface area contributed by atoms with E-state index in [0.29, 0.717) is 24.9 Å². The Kier molecular flexibility index (Phi) is 7.39. The van der Waals surface area contributed by atoms with Gasteiger partial charge < -0.3 is 15.2 Å². The molecule has 0 fully saturated rings. The summed E-state index contributed by atoms with van der Waals surface area (Å²) in [5.41, 5.74) is 0.861. The second kappa shape index (κ2) is 9.12. The van der Waals surface area contributed by atoms with Crippen molar-refractivity contribution in [2.45, 2.75) is 46.0 Å². The minimum Gasteiger partial charge on any atom is -0.481 e. The van der Waals surface area contributed by atoms with Crippen molar-refractivity contribution in [2.24, 2.45) is 0 Å². The van der Waals surface area contributed by atoms with Gasteiger partial charge in [0.2, 0.25) is 11.8 Å². The summed E-state index contributed by atoms with van der Waals surface area (Å²) in [6, 6.07) is 1.81. The molecule has 0 aliphatic carbocycles. The van der Waals surface area contributed by atoms with Gasteiger partial charge in [0.1, 0.15) is 0 Å². The van der Waals surface area contributed by atoms with Gasteiger partial charge in [0, 0.05) is 24.7 Å². The third-order valence-corrected chi connectivity index (χ3v) is 2.64. The van der Waals surface area contributed by atoms with E-state index in [-0.39, 0.29) is 6.42 Å². The van der Waals surface area contributed by atoms with E-state index < -0.39 is 5.97 Å². The Morgan fingerprint density at radius 2 is 2.15 bits per heavy atom. The normalized spacial score (nSPS) is 10.3. The summed E-state index contributed by atoms with van der Waals surface area (Å²) in [6.07, 6.45) is 3.65. The van der Waals surface area contributed by atoms with Crippen LogP contribution in [-0.4, -0.2) is 34.2 Å². The number of carboxylic acids is 1. The van der Waals surface area contributed by atoms with E-state index in [2.05, 4.69) is 15.3 Å². The molecule has 20 heavy (non-hydrogen) atoms. The maximum absolute atomic E-state index is 10.4. The number of ether oxygens (including phenoxy) is 1. The summed E-state index contributed by atoms with van der Waals surface area (Å²) < 4.78 is 5.49. The molecule has 1 heterocycles. The Morgan fingerprint density at radius 3 is 2.85 bits per heavy atom. The summed E-state index contributed by atoms with van der Waals surface area (Å²) in [5, 5.41) is 11.7.